The molecule has 0 atom stereocenters. The van der Waals surface area contributed by atoms with Gasteiger partial charge >= 0.3 is 0 Å². The summed E-state index contributed by atoms with van der Waals surface area (Å²) in [5.41, 5.74) is 1.43. The van der Waals surface area contributed by atoms with Gasteiger partial charge in [0.1, 0.15) is 0 Å². The molecule has 2 N–H and O–H groups in total. The van der Waals surface area contributed by atoms with Crippen LogP contribution in [0.2, 0.25) is 0 Å². The number of hydrogen-bond acceptors (Lipinski definition) is 2. The zero-order chi connectivity index (χ0) is 8.65. The van der Waals surface area contributed by atoms with E-state index in [1.165, 1.54) is 5.57 Å². The Morgan fingerprint density at radius 3 is 3.00 bits per heavy atom. The molecular formula is C10H16N2. The summed E-state index contributed by atoms with van der Waals surface area (Å²) in [4.78, 5) is 0. The topological polar surface area (TPSA) is 24.1 Å². The number of rotatable bonds is 1. The Hall–Kier alpha value is -1.18. The minimum atomic E-state index is 0.895. The van der Waals surface area contributed by atoms with Crippen LogP contribution in [0.5, 0.6) is 0 Å². The van der Waals surface area contributed by atoms with Gasteiger partial charge in [0.25, 0.3) is 0 Å². The number of hydrogen-bond donors (Lipinski definition) is 2. The van der Waals surface area contributed by atoms with Crippen LogP contribution >= 0.6 is 0 Å². The van der Waals surface area contributed by atoms with E-state index in [4.69, 9.17) is 0 Å². The molecule has 1 heterocycles. The van der Waals surface area contributed by atoms with Gasteiger partial charge in [0, 0.05) is 25.5 Å². The maximum Gasteiger partial charge on any atom is 0.0358 e. The molecule has 0 aliphatic carbocycles. The Morgan fingerprint density at radius 2 is 2.17 bits per heavy atom. The Morgan fingerprint density at radius 1 is 1.33 bits per heavy atom. The van der Waals surface area contributed by atoms with Gasteiger partial charge < -0.3 is 10.6 Å². The van der Waals surface area contributed by atoms with Crippen molar-refractivity contribution in [3.8, 4) is 0 Å². The molecule has 0 aromatic carbocycles. The molecule has 0 aromatic heterocycles. The van der Waals surface area contributed by atoms with Crippen LogP contribution in [0.25, 0.3) is 0 Å². The highest BCUT2D eigenvalue weighted by Gasteiger charge is 1.90. The molecule has 2 nitrogen and oxygen atoms in total. The molecule has 0 saturated carbocycles. The van der Waals surface area contributed by atoms with Crippen molar-refractivity contribution in [3.63, 3.8) is 0 Å². The number of nitrogens with one attached hydrogen (secondary N) is 2. The maximum absolute atomic E-state index is 3.21. The minimum absolute atomic E-state index is 0.895. The van der Waals surface area contributed by atoms with Crippen molar-refractivity contribution in [2.24, 2.45) is 0 Å². The lowest BCUT2D eigenvalue weighted by atomic mass is 10.2. The summed E-state index contributed by atoms with van der Waals surface area (Å²) in [6.45, 7) is 4.01. The first-order valence-electron chi connectivity index (χ1n) is 4.40. The zero-order valence-electron chi connectivity index (χ0n) is 7.51. The predicted octanol–water partition coefficient (Wildman–Crippen LogP) is 1.54. The molecule has 0 saturated heterocycles. The normalized spacial score (nSPS) is 27.2. The molecule has 0 aromatic rings. The van der Waals surface area contributed by atoms with Crippen LogP contribution in [-0.2, 0) is 0 Å². The van der Waals surface area contributed by atoms with Gasteiger partial charge in [-0.25, -0.2) is 0 Å². The van der Waals surface area contributed by atoms with E-state index in [-0.39, 0.29) is 0 Å². The molecule has 66 valence electrons. The molecule has 0 amide bonds. The summed E-state index contributed by atoms with van der Waals surface area (Å²) in [6, 6.07) is 0. The van der Waals surface area contributed by atoms with Crippen molar-refractivity contribution in [3.05, 3.63) is 36.2 Å². The zero-order valence-corrected chi connectivity index (χ0v) is 7.51. The first-order valence-corrected chi connectivity index (χ1v) is 4.40. The minimum Gasteiger partial charge on any atom is -0.386 e. The van der Waals surface area contributed by atoms with E-state index in [9.17, 15) is 0 Å². The summed E-state index contributed by atoms with van der Waals surface area (Å²) < 4.78 is 0. The predicted molar refractivity (Wildman–Crippen MR) is 52.7 cm³/mol. The van der Waals surface area contributed by atoms with Gasteiger partial charge in [-0.05, 0) is 6.42 Å². The van der Waals surface area contributed by atoms with Crippen molar-refractivity contribution in [2.75, 3.05) is 13.1 Å². The highest BCUT2D eigenvalue weighted by molar-refractivity contribution is 5.15. The van der Waals surface area contributed by atoms with E-state index in [0.29, 0.717) is 0 Å². The molecule has 0 radical (unpaired) electrons. The van der Waals surface area contributed by atoms with E-state index in [0.717, 1.165) is 19.5 Å². The van der Waals surface area contributed by atoms with Crippen LogP contribution < -0.4 is 10.6 Å². The highest BCUT2D eigenvalue weighted by atomic mass is 14.9. The summed E-state index contributed by atoms with van der Waals surface area (Å²) in [5.74, 6) is 0. The fourth-order valence-electron chi connectivity index (χ4n) is 1.02. The Bertz CT molecular complexity index is 202. The molecule has 1 rings (SSSR count). The Balaban J connectivity index is 2.54. The Labute approximate surface area is 74.0 Å². The largest absolute Gasteiger partial charge is 0.386 e. The molecular weight excluding hydrogens is 148 g/mol. The van der Waals surface area contributed by atoms with Crippen LogP contribution in [0.1, 0.15) is 13.3 Å². The summed E-state index contributed by atoms with van der Waals surface area (Å²) in [5, 5.41) is 6.34. The summed E-state index contributed by atoms with van der Waals surface area (Å²) >= 11 is 0. The van der Waals surface area contributed by atoms with Gasteiger partial charge in [-0.3, -0.25) is 0 Å². The molecule has 0 fully saturated rings. The molecule has 0 bridgehead atoms. The average molecular weight is 164 g/mol. The summed E-state index contributed by atoms with van der Waals surface area (Å²) in [6.07, 6.45) is 11.4. The smallest absolute Gasteiger partial charge is 0.0358 e. The summed E-state index contributed by atoms with van der Waals surface area (Å²) in [7, 11) is 0. The van der Waals surface area contributed by atoms with Crippen molar-refractivity contribution in [1.82, 2.24) is 10.6 Å². The van der Waals surface area contributed by atoms with E-state index in [1.807, 2.05) is 12.4 Å². The quantitative estimate of drug-likeness (QED) is 0.614. The standard InChI is InChI=1S/C10H16N2/c1-2-10-5-3-4-6-11-7-8-12-9-10/h3-5,7-8,11-12H,2,6,9H2,1H3/b4-3-,8-7-,10-5-. The first-order chi connectivity index (χ1) is 5.93. The average Bonchev–Trinajstić information content (AvgIpc) is 2.14. The molecule has 0 spiro atoms. The van der Waals surface area contributed by atoms with Gasteiger partial charge in [-0.15, -0.1) is 0 Å². The second-order valence-corrected chi connectivity index (χ2v) is 2.73. The lowest BCUT2D eigenvalue weighted by Crippen LogP contribution is -2.13. The van der Waals surface area contributed by atoms with Gasteiger partial charge in [-0.2, -0.15) is 0 Å². The van der Waals surface area contributed by atoms with E-state index >= 15 is 0 Å². The van der Waals surface area contributed by atoms with Gasteiger partial charge in [0.05, 0.1) is 0 Å². The van der Waals surface area contributed by atoms with Crippen LogP contribution in [-0.4, -0.2) is 13.1 Å². The van der Waals surface area contributed by atoms with Gasteiger partial charge in [-0.1, -0.05) is 30.7 Å². The lowest BCUT2D eigenvalue weighted by Gasteiger charge is -2.05. The van der Waals surface area contributed by atoms with Crippen molar-refractivity contribution in [1.29, 1.82) is 0 Å². The lowest BCUT2D eigenvalue weighted by molar-refractivity contribution is 0.866. The first kappa shape index (κ1) is 8.91. The van der Waals surface area contributed by atoms with E-state index in [1.54, 1.807) is 0 Å². The SMILES string of the molecule is CC/C1=C/C=C\CN/C=C\NC1. The van der Waals surface area contributed by atoms with Crippen LogP contribution in [0, 0.1) is 0 Å². The van der Waals surface area contributed by atoms with E-state index in [2.05, 4.69) is 35.8 Å². The number of allylic oxidation sites excluding steroid dienone is 2. The molecule has 2 heteroatoms. The fourth-order valence-corrected chi connectivity index (χ4v) is 1.02. The van der Waals surface area contributed by atoms with Gasteiger partial charge in [0.2, 0.25) is 0 Å². The third kappa shape index (κ3) is 3.28. The molecule has 1 aliphatic heterocycles. The van der Waals surface area contributed by atoms with Gasteiger partial charge in [0.15, 0.2) is 0 Å². The molecule has 0 unspecified atom stereocenters. The fraction of sp³-hybridized carbons (Fsp3) is 0.400. The molecule has 1 aliphatic rings. The monoisotopic (exact) mass is 164 g/mol. The maximum atomic E-state index is 3.21. The van der Waals surface area contributed by atoms with Crippen LogP contribution in [0.3, 0.4) is 0 Å². The van der Waals surface area contributed by atoms with Crippen molar-refractivity contribution in [2.45, 2.75) is 13.3 Å². The van der Waals surface area contributed by atoms with Crippen LogP contribution in [0.4, 0.5) is 0 Å². The van der Waals surface area contributed by atoms with Crippen molar-refractivity contribution < 1.29 is 0 Å². The van der Waals surface area contributed by atoms with E-state index < -0.39 is 0 Å². The molecule has 12 heavy (non-hydrogen) atoms. The van der Waals surface area contributed by atoms with Crippen LogP contribution in [0.15, 0.2) is 36.2 Å². The second kappa shape index (κ2) is 5.47. The highest BCUT2D eigenvalue weighted by Crippen LogP contribution is 1.99. The second-order valence-electron chi connectivity index (χ2n) is 2.73. The third-order valence-corrected chi connectivity index (χ3v) is 1.81. The third-order valence-electron chi connectivity index (χ3n) is 1.81. The van der Waals surface area contributed by atoms with Crippen molar-refractivity contribution >= 4 is 0 Å². The Kier molecular flexibility index (Phi) is 4.06.